The summed E-state index contributed by atoms with van der Waals surface area (Å²) in [4.78, 5) is 0. The van der Waals surface area contributed by atoms with Crippen LogP contribution in [0.1, 0.15) is 39.5 Å². The molecule has 0 aliphatic carbocycles. The van der Waals surface area contributed by atoms with Crippen molar-refractivity contribution in [3.63, 3.8) is 0 Å². The van der Waals surface area contributed by atoms with E-state index in [4.69, 9.17) is 4.74 Å². The van der Waals surface area contributed by atoms with Crippen molar-refractivity contribution in [1.82, 2.24) is 0 Å². The van der Waals surface area contributed by atoms with E-state index in [2.05, 4.69) is 13.8 Å². The highest BCUT2D eigenvalue weighted by molar-refractivity contribution is 4.95. The summed E-state index contributed by atoms with van der Waals surface area (Å²) >= 11 is 0. The molecule has 2 heteroatoms. The molecule has 0 amide bonds. The van der Waals surface area contributed by atoms with Crippen molar-refractivity contribution in [2.24, 2.45) is 5.92 Å². The molecule has 0 aromatic carbocycles. The lowest BCUT2D eigenvalue weighted by Crippen LogP contribution is -2.44. The molecule has 70 valence electrons. The average molecular weight is 170 g/mol. The van der Waals surface area contributed by atoms with Gasteiger partial charge in [0, 0.05) is 12.8 Å². The molecule has 0 aromatic heterocycles. The molecule has 1 N–H and O–H groups in total. The Labute approximate surface area is 73.9 Å². The van der Waals surface area contributed by atoms with Crippen molar-refractivity contribution in [2.75, 3.05) is 0 Å². The monoisotopic (exact) mass is 170 g/mol. The first-order chi connectivity index (χ1) is 5.60. The van der Waals surface area contributed by atoms with E-state index in [0.29, 0.717) is 18.1 Å². The molecule has 0 spiro atoms. The normalized spacial score (nSPS) is 47.0. The van der Waals surface area contributed by atoms with Gasteiger partial charge in [-0.3, -0.25) is 0 Å². The van der Waals surface area contributed by atoms with Crippen LogP contribution in [0.2, 0.25) is 0 Å². The minimum absolute atomic E-state index is 0.344. The van der Waals surface area contributed by atoms with E-state index in [1.807, 2.05) is 0 Å². The molecule has 2 heterocycles. The summed E-state index contributed by atoms with van der Waals surface area (Å²) in [7, 11) is 0. The van der Waals surface area contributed by atoms with Crippen molar-refractivity contribution >= 4 is 0 Å². The fourth-order valence-corrected chi connectivity index (χ4v) is 2.42. The lowest BCUT2D eigenvalue weighted by Gasteiger charge is -2.39. The Hall–Kier alpha value is -0.0800. The van der Waals surface area contributed by atoms with Crippen LogP contribution in [0.5, 0.6) is 0 Å². The molecule has 2 aliphatic rings. The first-order valence-electron chi connectivity index (χ1n) is 4.98. The van der Waals surface area contributed by atoms with Gasteiger partial charge in [-0.2, -0.15) is 0 Å². The Balaban J connectivity index is 2.10. The van der Waals surface area contributed by atoms with Gasteiger partial charge in [0.25, 0.3) is 0 Å². The van der Waals surface area contributed by atoms with Crippen molar-refractivity contribution in [2.45, 2.75) is 57.3 Å². The summed E-state index contributed by atoms with van der Waals surface area (Å²) in [5, 5.41) is 10.2. The van der Waals surface area contributed by atoms with Crippen molar-refractivity contribution in [1.29, 1.82) is 0 Å². The Bertz CT molecular complexity index is 165. The van der Waals surface area contributed by atoms with Gasteiger partial charge in [0.05, 0.1) is 17.8 Å². The number of hydrogen-bond donors (Lipinski definition) is 1. The molecule has 3 atom stereocenters. The molecule has 2 saturated heterocycles. The summed E-state index contributed by atoms with van der Waals surface area (Å²) in [6.45, 7) is 4.20. The van der Waals surface area contributed by atoms with E-state index in [0.717, 1.165) is 25.7 Å². The first-order valence-corrected chi connectivity index (χ1v) is 4.98. The van der Waals surface area contributed by atoms with Crippen LogP contribution in [0.25, 0.3) is 0 Å². The van der Waals surface area contributed by atoms with Gasteiger partial charge in [0.2, 0.25) is 0 Å². The van der Waals surface area contributed by atoms with Gasteiger partial charge >= 0.3 is 0 Å². The van der Waals surface area contributed by atoms with E-state index in [9.17, 15) is 5.11 Å². The quantitative estimate of drug-likeness (QED) is 0.649. The summed E-state index contributed by atoms with van der Waals surface area (Å²) < 4.78 is 5.68. The molecule has 2 aliphatic heterocycles. The van der Waals surface area contributed by atoms with Gasteiger partial charge in [-0.15, -0.1) is 0 Å². The summed E-state index contributed by atoms with van der Waals surface area (Å²) in [5.74, 6) is 0.365. The zero-order valence-electron chi connectivity index (χ0n) is 7.92. The van der Waals surface area contributed by atoms with Crippen LogP contribution in [0.4, 0.5) is 0 Å². The lowest BCUT2D eigenvalue weighted by molar-refractivity contribution is -0.132. The molecule has 2 bridgehead atoms. The largest absolute Gasteiger partial charge is 0.389 e. The lowest BCUT2D eigenvalue weighted by atomic mass is 9.81. The minimum Gasteiger partial charge on any atom is -0.389 e. The molecule has 0 aromatic rings. The molecule has 0 saturated carbocycles. The maximum atomic E-state index is 10.2. The van der Waals surface area contributed by atoms with Crippen LogP contribution in [-0.2, 0) is 4.74 Å². The number of fused-ring (bicyclic) bond motifs is 2. The summed E-state index contributed by atoms with van der Waals surface area (Å²) in [6.07, 6.45) is 4.69. The predicted molar refractivity (Wildman–Crippen MR) is 46.9 cm³/mol. The Morgan fingerprint density at radius 2 is 1.75 bits per heavy atom. The van der Waals surface area contributed by atoms with Gasteiger partial charge < -0.3 is 9.84 Å². The van der Waals surface area contributed by atoms with E-state index >= 15 is 0 Å². The zero-order chi connectivity index (χ0) is 8.77. The Morgan fingerprint density at radius 1 is 1.25 bits per heavy atom. The topological polar surface area (TPSA) is 29.5 Å². The molecular formula is C10H18O2. The number of hydrogen-bond acceptors (Lipinski definition) is 2. The van der Waals surface area contributed by atoms with Crippen LogP contribution >= 0.6 is 0 Å². The number of ether oxygens (including phenoxy) is 1. The second kappa shape index (κ2) is 2.71. The molecule has 2 rings (SSSR count). The molecule has 2 fully saturated rings. The average Bonchev–Trinajstić information content (AvgIpc) is 2.30. The van der Waals surface area contributed by atoms with Crippen LogP contribution in [0.15, 0.2) is 0 Å². The van der Waals surface area contributed by atoms with E-state index in [1.165, 1.54) is 0 Å². The third kappa shape index (κ3) is 1.27. The van der Waals surface area contributed by atoms with Gasteiger partial charge in [0.15, 0.2) is 0 Å². The predicted octanol–water partition coefficient (Wildman–Crippen LogP) is 1.71. The highest BCUT2D eigenvalue weighted by Crippen LogP contribution is 2.41. The van der Waals surface area contributed by atoms with E-state index in [-0.39, 0.29) is 0 Å². The van der Waals surface area contributed by atoms with Crippen LogP contribution in [-0.4, -0.2) is 22.9 Å². The standard InChI is InChI=1S/C10H18O2/c1-7(2)10(11)5-8-3-4-9(6-10)12-8/h7-9,11H,3-6H2,1-2H3/t8-,9+,10-. The second-order valence-corrected chi connectivity index (χ2v) is 4.62. The van der Waals surface area contributed by atoms with Crippen LogP contribution in [0.3, 0.4) is 0 Å². The summed E-state index contributed by atoms with van der Waals surface area (Å²) in [6, 6.07) is 0. The third-order valence-electron chi connectivity index (χ3n) is 3.43. The zero-order valence-corrected chi connectivity index (χ0v) is 7.92. The van der Waals surface area contributed by atoms with E-state index in [1.54, 1.807) is 0 Å². The van der Waals surface area contributed by atoms with Crippen molar-refractivity contribution < 1.29 is 9.84 Å². The molecular weight excluding hydrogens is 152 g/mol. The molecule has 2 nitrogen and oxygen atoms in total. The van der Waals surface area contributed by atoms with Crippen LogP contribution in [0, 0.1) is 5.92 Å². The number of aliphatic hydroxyl groups is 1. The molecule has 0 radical (unpaired) electrons. The van der Waals surface area contributed by atoms with Gasteiger partial charge in [-0.05, 0) is 18.8 Å². The van der Waals surface area contributed by atoms with Crippen molar-refractivity contribution in [3.8, 4) is 0 Å². The SMILES string of the molecule is CC(C)[C@@]1(O)C[C@H]2CC[C@@H](C1)O2. The Morgan fingerprint density at radius 3 is 2.17 bits per heavy atom. The smallest absolute Gasteiger partial charge is 0.0719 e. The maximum absolute atomic E-state index is 10.2. The van der Waals surface area contributed by atoms with E-state index < -0.39 is 5.60 Å². The maximum Gasteiger partial charge on any atom is 0.0719 e. The van der Waals surface area contributed by atoms with Gasteiger partial charge in [-0.1, -0.05) is 13.8 Å². The van der Waals surface area contributed by atoms with Gasteiger partial charge in [-0.25, -0.2) is 0 Å². The molecule has 0 unspecified atom stereocenters. The first kappa shape index (κ1) is 8.52. The van der Waals surface area contributed by atoms with Gasteiger partial charge in [0.1, 0.15) is 0 Å². The minimum atomic E-state index is -0.440. The fraction of sp³-hybridized carbons (Fsp3) is 1.00. The molecule has 12 heavy (non-hydrogen) atoms. The van der Waals surface area contributed by atoms with Crippen LogP contribution < -0.4 is 0 Å². The van der Waals surface area contributed by atoms with Crippen molar-refractivity contribution in [3.05, 3.63) is 0 Å². The fourth-order valence-electron chi connectivity index (χ4n) is 2.42. The summed E-state index contributed by atoms with van der Waals surface area (Å²) in [5.41, 5.74) is -0.440. The third-order valence-corrected chi connectivity index (χ3v) is 3.43. The number of rotatable bonds is 1. The second-order valence-electron chi connectivity index (χ2n) is 4.62. The Kier molecular flexibility index (Phi) is 1.92. The highest BCUT2D eigenvalue weighted by Gasteiger charge is 2.45. The highest BCUT2D eigenvalue weighted by atomic mass is 16.5.